The Morgan fingerprint density at radius 2 is 1.80 bits per heavy atom. The number of benzene rings is 1. The van der Waals surface area contributed by atoms with Crippen LogP contribution in [0.4, 0.5) is 5.69 Å². The van der Waals surface area contributed by atoms with Crippen LogP contribution in [0.2, 0.25) is 20.2 Å². The van der Waals surface area contributed by atoms with E-state index in [-0.39, 0.29) is 31.8 Å². The third-order valence-corrected chi connectivity index (χ3v) is 5.37. The molecule has 2 aromatic rings. The maximum absolute atomic E-state index is 12.3. The number of para-hydroxylation sites is 1. The number of amides is 1. The van der Waals surface area contributed by atoms with Crippen LogP contribution in [0.1, 0.15) is 16.1 Å². The number of hydrogen-bond donors (Lipinski definition) is 0. The summed E-state index contributed by atoms with van der Waals surface area (Å²) in [5, 5.41) is -0.521. The van der Waals surface area contributed by atoms with Gasteiger partial charge in [0.25, 0.3) is 5.91 Å². The second-order valence-corrected chi connectivity index (χ2v) is 6.69. The molecule has 1 aliphatic rings. The summed E-state index contributed by atoms with van der Waals surface area (Å²) in [6.45, 7) is 0.0797. The Morgan fingerprint density at radius 3 is 2.56 bits per heavy atom. The molecule has 9 heteroatoms. The topological polar surface area (TPSA) is 59.5 Å². The Hall–Kier alpha value is -1.53. The number of nitrogens with zero attached hydrogens (tertiary/aromatic N) is 2. The lowest BCUT2D eigenvalue weighted by Crippen LogP contribution is -2.33. The van der Waals surface area contributed by atoms with Crippen molar-refractivity contribution in [2.45, 2.75) is 6.42 Å². The fourth-order valence-electron chi connectivity index (χ4n) is 2.49. The lowest BCUT2D eigenvalue weighted by atomic mass is 10.2. The van der Waals surface area contributed by atoms with Crippen LogP contribution >= 0.6 is 46.4 Å². The lowest BCUT2D eigenvalue weighted by Gasteiger charge is -2.17. The number of fused-ring (bicyclic) bond motifs is 1. The molecule has 1 aliphatic heterocycles. The summed E-state index contributed by atoms with van der Waals surface area (Å²) >= 11 is 23.4. The normalized spacial score (nSPS) is 12.9. The van der Waals surface area contributed by atoms with E-state index in [0.29, 0.717) is 6.54 Å². The predicted molar refractivity (Wildman–Crippen MR) is 97.1 cm³/mol. The van der Waals surface area contributed by atoms with Crippen LogP contribution in [0.5, 0.6) is 0 Å². The number of ether oxygens (including phenoxy) is 1. The zero-order valence-corrected chi connectivity index (χ0v) is 15.6. The highest BCUT2D eigenvalue weighted by Crippen LogP contribution is 2.36. The zero-order valence-electron chi connectivity index (χ0n) is 12.6. The number of esters is 1. The van der Waals surface area contributed by atoms with E-state index in [4.69, 9.17) is 51.1 Å². The molecule has 1 aromatic carbocycles. The second-order valence-electron chi connectivity index (χ2n) is 5.19. The zero-order chi connectivity index (χ0) is 18.1. The highest BCUT2D eigenvalue weighted by molar-refractivity contribution is 6.52. The molecule has 3 rings (SSSR count). The second kappa shape index (κ2) is 7.38. The van der Waals surface area contributed by atoms with Crippen LogP contribution in [-0.2, 0) is 16.0 Å². The van der Waals surface area contributed by atoms with E-state index in [9.17, 15) is 9.59 Å². The van der Waals surface area contributed by atoms with Gasteiger partial charge >= 0.3 is 5.97 Å². The minimum Gasteiger partial charge on any atom is -0.451 e. The molecule has 0 aliphatic carbocycles. The van der Waals surface area contributed by atoms with Gasteiger partial charge in [-0.25, -0.2) is 9.78 Å². The highest BCUT2D eigenvalue weighted by atomic mass is 35.5. The molecule has 1 amide bonds. The number of hydrogen-bond acceptors (Lipinski definition) is 4. The Labute approximate surface area is 163 Å². The molecule has 0 bridgehead atoms. The van der Waals surface area contributed by atoms with Crippen LogP contribution in [0, 0.1) is 0 Å². The molecule has 25 heavy (non-hydrogen) atoms. The van der Waals surface area contributed by atoms with E-state index in [0.717, 1.165) is 17.7 Å². The fraction of sp³-hybridized carbons (Fsp3) is 0.188. The van der Waals surface area contributed by atoms with Gasteiger partial charge in [-0.3, -0.25) is 4.79 Å². The summed E-state index contributed by atoms with van der Waals surface area (Å²) in [6.07, 6.45) is 0.756. The number of rotatable bonds is 3. The first kappa shape index (κ1) is 18.3. The largest absolute Gasteiger partial charge is 0.451 e. The van der Waals surface area contributed by atoms with Gasteiger partial charge in [0.15, 0.2) is 12.3 Å². The van der Waals surface area contributed by atoms with Crippen molar-refractivity contribution in [3.8, 4) is 0 Å². The molecule has 0 N–H and O–H groups in total. The van der Waals surface area contributed by atoms with Gasteiger partial charge in [0.05, 0.1) is 15.1 Å². The molecule has 1 aromatic heterocycles. The number of aromatic nitrogens is 1. The first-order chi connectivity index (χ1) is 11.9. The van der Waals surface area contributed by atoms with Gasteiger partial charge in [-0.15, -0.1) is 0 Å². The van der Waals surface area contributed by atoms with Crippen molar-refractivity contribution < 1.29 is 14.3 Å². The molecule has 0 radical (unpaired) electrons. The summed E-state index contributed by atoms with van der Waals surface area (Å²) < 4.78 is 5.01. The van der Waals surface area contributed by atoms with Gasteiger partial charge in [-0.05, 0) is 18.1 Å². The third-order valence-electron chi connectivity index (χ3n) is 3.69. The van der Waals surface area contributed by atoms with E-state index >= 15 is 0 Å². The summed E-state index contributed by atoms with van der Waals surface area (Å²) in [4.78, 5) is 29.8. The van der Waals surface area contributed by atoms with Gasteiger partial charge in [0.1, 0.15) is 5.15 Å². The van der Waals surface area contributed by atoms with Crippen molar-refractivity contribution in [2.75, 3.05) is 18.1 Å². The van der Waals surface area contributed by atoms with Crippen LogP contribution in [-0.4, -0.2) is 30.0 Å². The van der Waals surface area contributed by atoms with Crippen molar-refractivity contribution >= 4 is 64.0 Å². The minimum absolute atomic E-state index is 0.0605. The summed E-state index contributed by atoms with van der Waals surface area (Å²) in [7, 11) is 0. The first-order valence-corrected chi connectivity index (χ1v) is 8.66. The number of anilines is 1. The number of carbonyl (C=O) groups is 2. The Morgan fingerprint density at radius 1 is 1.08 bits per heavy atom. The van der Waals surface area contributed by atoms with Crippen molar-refractivity contribution in [1.82, 2.24) is 4.98 Å². The molecular formula is C16H10Cl4N2O3. The molecule has 0 fully saturated rings. The van der Waals surface area contributed by atoms with E-state index < -0.39 is 12.6 Å². The molecule has 0 unspecified atom stereocenters. The van der Waals surface area contributed by atoms with Gasteiger partial charge in [0, 0.05) is 12.2 Å². The molecular weight excluding hydrogens is 410 g/mol. The Balaban J connectivity index is 1.70. The Kier molecular flexibility index (Phi) is 5.39. The maximum atomic E-state index is 12.3. The standard InChI is InChI=1S/C16H10Cl4N2O3/c17-11-12(18)14(21-15(20)13(11)19)16(24)25-7-10(23)22-6-5-8-3-1-2-4-9(8)22/h1-4H,5-7H2. The molecule has 0 saturated carbocycles. The third kappa shape index (κ3) is 3.55. The lowest BCUT2D eigenvalue weighted by molar-refractivity contribution is -0.121. The van der Waals surface area contributed by atoms with Crippen LogP contribution in [0.15, 0.2) is 24.3 Å². The van der Waals surface area contributed by atoms with Gasteiger partial charge in [-0.2, -0.15) is 0 Å². The molecule has 5 nitrogen and oxygen atoms in total. The number of carbonyl (C=O) groups excluding carboxylic acids is 2. The fourth-order valence-corrected chi connectivity index (χ4v) is 3.30. The highest BCUT2D eigenvalue weighted by Gasteiger charge is 2.26. The molecule has 2 heterocycles. The molecule has 0 saturated heterocycles. The quantitative estimate of drug-likeness (QED) is 0.545. The SMILES string of the molecule is O=C(OCC(=O)N1CCc2ccccc21)c1nc(Cl)c(Cl)c(Cl)c1Cl. The molecule has 130 valence electrons. The van der Waals surface area contributed by atoms with E-state index in [1.807, 2.05) is 24.3 Å². The van der Waals surface area contributed by atoms with Crippen molar-refractivity contribution in [2.24, 2.45) is 0 Å². The monoisotopic (exact) mass is 418 g/mol. The van der Waals surface area contributed by atoms with Gasteiger partial charge in [0.2, 0.25) is 0 Å². The van der Waals surface area contributed by atoms with Gasteiger partial charge in [-0.1, -0.05) is 64.6 Å². The molecule has 0 spiro atoms. The van der Waals surface area contributed by atoms with Crippen LogP contribution in [0.25, 0.3) is 0 Å². The predicted octanol–water partition coefficient (Wildman–Crippen LogP) is 4.44. The van der Waals surface area contributed by atoms with Crippen molar-refractivity contribution in [3.05, 3.63) is 55.7 Å². The van der Waals surface area contributed by atoms with Gasteiger partial charge < -0.3 is 9.64 Å². The average Bonchev–Trinajstić information content (AvgIpc) is 3.04. The number of pyridine rings is 1. The van der Waals surface area contributed by atoms with E-state index in [1.165, 1.54) is 0 Å². The summed E-state index contributed by atoms with van der Waals surface area (Å²) in [5.41, 5.74) is 1.59. The summed E-state index contributed by atoms with van der Waals surface area (Å²) in [5.74, 6) is -1.26. The number of halogens is 4. The minimum atomic E-state index is -0.911. The first-order valence-electron chi connectivity index (χ1n) is 7.15. The van der Waals surface area contributed by atoms with Crippen LogP contribution < -0.4 is 4.90 Å². The van der Waals surface area contributed by atoms with E-state index in [2.05, 4.69) is 4.98 Å². The molecule has 0 atom stereocenters. The van der Waals surface area contributed by atoms with Crippen LogP contribution in [0.3, 0.4) is 0 Å². The Bertz CT molecular complexity index is 873. The van der Waals surface area contributed by atoms with Crippen molar-refractivity contribution in [3.63, 3.8) is 0 Å². The van der Waals surface area contributed by atoms with E-state index in [1.54, 1.807) is 4.90 Å². The average molecular weight is 420 g/mol. The smallest absolute Gasteiger partial charge is 0.359 e. The summed E-state index contributed by atoms with van der Waals surface area (Å²) in [6, 6.07) is 7.56. The van der Waals surface area contributed by atoms with Crippen molar-refractivity contribution in [1.29, 1.82) is 0 Å². The maximum Gasteiger partial charge on any atom is 0.359 e.